The molecule has 3 atom stereocenters. The summed E-state index contributed by atoms with van der Waals surface area (Å²) < 4.78 is 0. The van der Waals surface area contributed by atoms with Gasteiger partial charge in [0.1, 0.15) is 5.60 Å². The van der Waals surface area contributed by atoms with Crippen LogP contribution in [0.5, 0.6) is 0 Å². The van der Waals surface area contributed by atoms with Crippen LogP contribution in [0.15, 0.2) is 121 Å². The molecule has 5 rings (SSSR count). The standard InChI is InChI=1S/C33H31NO2/c1-34(2)29-20-18-25(19-21-29)30-22-27(24-12-6-3-7-13-24)23-33(36,28-16-10-5-11-17-28)31(30)32(35)26-14-8-4-9-15-26/h3-21,23,30-31,36H,22H2,1-2H3/t30-,31+,33-/m0/s1. The predicted octanol–water partition coefficient (Wildman–Crippen LogP) is 6.71. The van der Waals surface area contributed by atoms with Gasteiger partial charge in [0.05, 0.1) is 5.92 Å². The van der Waals surface area contributed by atoms with Crippen LogP contribution in [-0.2, 0) is 5.60 Å². The number of nitrogens with zero attached hydrogens (tertiary/aromatic N) is 1. The third-order valence-electron chi connectivity index (χ3n) is 7.27. The average molecular weight is 474 g/mol. The fraction of sp³-hybridized carbons (Fsp3) is 0.182. The van der Waals surface area contributed by atoms with Gasteiger partial charge in [-0.1, -0.05) is 103 Å². The van der Waals surface area contributed by atoms with Crippen molar-refractivity contribution in [2.24, 2.45) is 5.92 Å². The van der Waals surface area contributed by atoms with E-state index in [2.05, 4.69) is 41.3 Å². The van der Waals surface area contributed by atoms with Crippen LogP contribution in [0.2, 0.25) is 0 Å². The first-order chi connectivity index (χ1) is 17.5. The van der Waals surface area contributed by atoms with Gasteiger partial charge >= 0.3 is 0 Å². The van der Waals surface area contributed by atoms with Gasteiger partial charge in [-0.15, -0.1) is 0 Å². The number of Topliss-reactive ketones (excluding diaryl/α,β-unsaturated/α-hetero) is 1. The van der Waals surface area contributed by atoms with E-state index in [0.717, 1.165) is 28.0 Å². The molecule has 1 N–H and O–H groups in total. The smallest absolute Gasteiger partial charge is 0.170 e. The molecule has 0 aliphatic heterocycles. The van der Waals surface area contributed by atoms with E-state index in [1.807, 2.05) is 99.0 Å². The molecule has 0 amide bonds. The van der Waals surface area contributed by atoms with E-state index in [9.17, 15) is 9.90 Å². The number of benzene rings is 4. The van der Waals surface area contributed by atoms with E-state index in [4.69, 9.17) is 0 Å². The fourth-order valence-corrected chi connectivity index (χ4v) is 5.39. The van der Waals surface area contributed by atoms with Crippen LogP contribution in [-0.4, -0.2) is 25.0 Å². The topological polar surface area (TPSA) is 40.5 Å². The molecule has 0 saturated carbocycles. The normalized spacial score (nSPS) is 21.5. The van der Waals surface area contributed by atoms with Gasteiger partial charge in [0.25, 0.3) is 0 Å². The molecule has 0 heterocycles. The quantitative estimate of drug-likeness (QED) is 0.316. The van der Waals surface area contributed by atoms with Crippen LogP contribution in [0.1, 0.15) is 39.4 Å². The number of hydrogen-bond donors (Lipinski definition) is 1. The van der Waals surface area contributed by atoms with Crippen molar-refractivity contribution in [1.82, 2.24) is 0 Å². The average Bonchev–Trinajstić information content (AvgIpc) is 2.94. The maximum absolute atomic E-state index is 14.2. The Labute approximate surface area is 213 Å². The summed E-state index contributed by atoms with van der Waals surface area (Å²) in [5.41, 5.74) is 4.12. The van der Waals surface area contributed by atoms with Crippen molar-refractivity contribution < 1.29 is 9.90 Å². The van der Waals surface area contributed by atoms with E-state index in [1.54, 1.807) is 0 Å². The zero-order valence-electron chi connectivity index (χ0n) is 20.7. The Hall–Kier alpha value is -3.95. The number of aliphatic hydroxyl groups is 1. The maximum Gasteiger partial charge on any atom is 0.170 e. The van der Waals surface area contributed by atoms with Gasteiger partial charge in [-0.3, -0.25) is 4.79 Å². The van der Waals surface area contributed by atoms with Crippen molar-refractivity contribution >= 4 is 17.0 Å². The summed E-state index contributed by atoms with van der Waals surface area (Å²) in [6.07, 6.45) is 2.58. The van der Waals surface area contributed by atoms with Crippen LogP contribution in [0, 0.1) is 5.92 Å². The number of carbonyl (C=O) groups is 1. The molecule has 0 aromatic heterocycles. The molecule has 3 heteroatoms. The minimum absolute atomic E-state index is 0.0491. The molecule has 0 bridgehead atoms. The van der Waals surface area contributed by atoms with Crippen molar-refractivity contribution in [1.29, 1.82) is 0 Å². The second kappa shape index (κ2) is 9.96. The Kier molecular flexibility index (Phi) is 6.58. The molecule has 0 spiro atoms. The minimum Gasteiger partial charge on any atom is -0.380 e. The van der Waals surface area contributed by atoms with E-state index in [0.29, 0.717) is 12.0 Å². The highest BCUT2D eigenvalue weighted by atomic mass is 16.3. The molecular weight excluding hydrogens is 442 g/mol. The van der Waals surface area contributed by atoms with Crippen molar-refractivity contribution in [3.63, 3.8) is 0 Å². The van der Waals surface area contributed by atoms with Gasteiger partial charge < -0.3 is 10.0 Å². The third kappa shape index (κ3) is 4.50. The lowest BCUT2D eigenvalue weighted by Crippen LogP contribution is -2.44. The van der Waals surface area contributed by atoms with E-state index < -0.39 is 11.5 Å². The van der Waals surface area contributed by atoms with Crippen molar-refractivity contribution in [2.45, 2.75) is 17.9 Å². The van der Waals surface area contributed by atoms with Gasteiger partial charge in [-0.25, -0.2) is 0 Å². The molecule has 0 radical (unpaired) electrons. The molecule has 180 valence electrons. The molecule has 3 nitrogen and oxygen atoms in total. The summed E-state index contributed by atoms with van der Waals surface area (Å²) in [4.78, 5) is 16.3. The van der Waals surface area contributed by atoms with Crippen molar-refractivity contribution in [3.05, 3.63) is 144 Å². The molecule has 1 aliphatic carbocycles. The third-order valence-corrected chi connectivity index (χ3v) is 7.27. The first-order valence-electron chi connectivity index (χ1n) is 12.4. The Morgan fingerprint density at radius 2 is 1.33 bits per heavy atom. The molecule has 0 unspecified atom stereocenters. The van der Waals surface area contributed by atoms with Gasteiger partial charge in [0, 0.05) is 31.3 Å². The summed E-state index contributed by atoms with van der Waals surface area (Å²) in [5, 5.41) is 12.5. The van der Waals surface area contributed by atoms with Gasteiger partial charge in [0.15, 0.2) is 5.78 Å². The zero-order valence-corrected chi connectivity index (χ0v) is 20.7. The molecule has 4 aromatic carbocycles. The Morgan fingerprint density at radius 3 is 1.92 bits per heavy atom. The lowest BCUT2D eigenvalue weighted by Gasteiger charge is -2.43. The SMILES string of the molecule is CN(C)c1ccc([C@@H]2CC(c3ccccc3)=C[C@](O)(c3ccccc3)[C@H]2C(=O)c2ccccc2)cc1. The lowest BCUT2D eigenvalue weighted by molar-refractivity contribution is 0.0110. The summed E-state index contributed by atoms with van der Waals surface area (Å²) in [6, 6.07) is 37.5. The molecule has 4 aromatic rings. The van der Waals surface area contributed by atoms with Crippen LogP contribution in [0.25, 0.3) is 5.57 Å². The first-order valence-corrected chi connectivity index (χ1v) is 12.4. The van der Waals surface area contributed by atoms with Crippen LogP contribution < -0.4 is 4.90 Å². The summed E-state index contributed by atoms with van der Waals surface area (Å²) in [5.74, 6) is -0.939. The highest BCUT2D eigenvalue weighted by molar-refractivity contribution is 6.00. The monoisotopic (exact) mass is 473 g/mol. The number of carbonyl (C=O) groups excluding carboxylic acids is 1. The molecular formula is C33H31NO2. The fourth-order valence-electron chi connectivity index (χ4n) is 5.39. The van der Waals surface area contributed by atoms with Crippen molar-refractivity contribution in [3.8, 4) is 0 Å². The molecule has 36 heavy (non-hydrogen) atoms. The van der Waals surface area contributed by atoms with Crippen LogP contribution in [0.4, 0.5) is 5.69 Å². The Balaban J connectivity index is 1.72. The van der Waals surface area contributed by atoms with Gasteiger partial charge in [-0.05, 0) is 46.9 Å². The molecule has 1 aliphatic rings. The second-order valence-corrected chi connectivity index (χ2v) is 9.73. The van der Waals surface area contributed by atoms with E-state index in [-0.39, 0.29) is 11.7 Å². The minimum atomic E-state index is -1.47. The summed E-state index contributed by atoms with van der Waals surface area (Å²) >= 11 is 0. The number of rotatable bonds is 6. The van der Waals surface area contributed by atoms with E-state index in [1.165, 1.54) is 0 Å². The van der Waals surface area contributed by atoms with Gasteiger partial charge in [0.2, 0.25) is 0 Å². The highest BCUT2D eigenvalue weighted by Gasteiger charge is 2.49. The number of anilines is 1. The Morgan fingerprint density at radius 1 is 0.778 bits per heavy atom. The highest BCUT2D eigenvalue weighted by Crippen LogP contribution is 2.51. The zero-order chi connectivity index (χ0) is 25.1. The second-order valence-electron chi connectivity index (χ2n) is 9.73. The molecule has 0 saturated heterocycles. The lowest BCUT2D eigenvalue weighted by atomic mass is 9.62. The Bertz CT molecular complexity index is 1350. The maximum atomic E-state index is 14.2. The summed E-state index contributed by atoms with van der Waals surface area (Å²) in [7, 11) is 4.03. The predicted molar refractivity (Wildman–Crippen MR) is 147 cm³/mol. The molecule has 0 fully saturated rings. The first kappa shape index (κ1) is 23.8. The van der Waals surface area contributed by atoms with Crippen molar-refractivity contribution in [2.75, 3.05) is 19.0 Å². The van der Waals surface area contributed by atoms with Crippen LogP contribution >= 0.6 is 0 Å². The van der Waals surface area contributed by atoms with Gasteiger partial charge in [-0.2, -0.15) is 0 Å². The largest absolute Gasteiger partial charge is 0.380 e. The number of hydrogen-bond acceptors (Lipinski definition) is 3. The summed E-state index contributed by atoms with van der Waals surface area (Å²) in [6.45, 7) is 0. The number of allylic oxidation sites excluding steroid dienone is 1. The van der Waals surface area contributed by atoms with E-state index >= 15 is 0 Å². The number of ketones is 1. The van der Waals surface area contributed by atoms with Crippen LogP contribution in [0.3, 0.4) is 0 Å².